The van der Waals surface area contributed by atoms with Gasteiger partial charge in [-0.25, -0.2) is 0 Å². The standard InChI is InChI=1S/C20H28N2O3/c1-13(17-11-14-6-7-15(17)10-14)21-19(23)16-4-2-8-22(12-16)20(24)18-5-3-9-25-18/h3,5,9,13-17H,2,4,6-8,10-12H2,1H3,(H,21,23). The van der Waals surface area contributed by atoms with Gasteiger partial charge in [0.05, 0.1) is 12.2 Å². The Labute approximate surface area is 149 Å². The van der Waals surface area contributed by atoms with Crippen molar-refractivity contribution in [2.24, 2.45) is 23.7 Å². The first-order valence-corrected chi connectivity index (χ1v) is 9.75. The molecule has 5 unspecified atom stereocenters. The van der Waals surface area contributed by atoms with Crippen molar-refractivity contribution in [3.05, 3.63) is 24.2 Å². The fraction of sp³-hybridized carbons (Fsp3) is 0.700. The molecule has 1 N–H and O–H groups in total. The number of carbonyl (C=O) groups is 2. The van der Waals surface area contributed by atoms with E-state index in [9.17, 15) is 9.59 Å². The number of likely N-dealkylation sites (tertiary alicyclic amines) is 1. The maximum Gasteiger partial charge on any atom is 0.289 e. The van der Waals surface area contributed by atoms with Crippen LogP contribution in [0.3, 0.4) is 0 Å². The molecular formula is C20H28N2O3. The van der Waals surface area contributed by atoms with E-state index in [0.29, 0.717) is 24.8 Å². The van der Waals surface area contributed by atoms with Gasteiger partial charge in [-0.15, -0.1) is 0 Å². The minimum atomic E-state index is -0.108. The average Bonchev–Trinajstić information content (AvgIpc) is 3.38. The highest BCUT2D eigenvalue weighted by Gasteiger charge is 2.42. The molecule has 1 aromatic rings. The highest BCUT2D eigenvalue weighted by atomic mass is 16.3. The molecule has 0 spiro atoms. The first-order valence-electron chi connectivity index (χ1n) is 9.75. The van der Waals surface area contributed by atoms with Crippen LogP contribution in [0, 0.1) is 23.7 Å². The molecule has 1 saturated heterocycles. The van der Waals surface area contributed by atoms with Crippen molar-refractivity contribution in [2.75, 3.05) is 13.1 Å². The van der Waals surface area contributed by atoms with Gasteiger partial charge in [0.2, 0.25) is 5.91 Å². The van der Waals surface area contributed by atoms with Crippen LogP contribution in [-0.2, 0) is 4.79 Å². The number of furan rings is 1. The molecule has 3 aliphatic rings. The molecule has 2 aliphatic carbocycles. The normalized spacial score (nSPS) is 32.6. The molecular weight excluding hydrogens is 316 g/mol. The van der Waals surface area contributed by atoms with E-state index >= 15 is 0 Å². The van der Waals surface area contributed by atoms with Crippen LogP contribution in [0.4, 0.5) is 0 Å². The number of nitrogens with one attached hydrogen (secondary N) is 1. The second kappa shape index (κ2) is 6.85. The monoisotopic (exact) mass is 344 g/mol. The molecule has 25 heavy (non-hydrogen) atoms. The molecule has 2 amide bonds. The minimum absolute atomic E-state index is 0.103. The lowest BCUT2D eigenvalue weighted by Gasteiger charge is -2.34. The number of hydrogen-bond acceptors (Lipinski definition) is 3. The Kier molecular flexibility index (Phi) is 4.57. The molecule has 5 heteroatoms. The Morgan fingerprint density at radius 2 is 2.16 bits per heavy atom. The molecule has 0 aromatic carbocycles. The zero-order chi connectivity index (χ0) is 17.4. The lowest BCUT2D eigenvalue weighted by Crippen LogP contribution is -2.48. The van der Waals surface area contributed by atoms with Gasteiger partial charge in [-0.1, -0.05) is 6.42 Å². The van der Waals surface area contributed by atoms with E-state index in [4.69, 9.17) is 4.42 Å². The number of piperidine rings is 1. The number of hydrogen-bond donors (Lipinski definition) is 1. The van der Waals surface area contributed by atoms with Crippen LogP contribution in [0.25, 0.3) is 0 Å². The van der Waals surface area contributed by atoms with Gasteiger partial charge in [0.25, 0.3) is 5.91 Å². The summed E-state index contributed by atoms with van der Waals surface area (Å²) in [6, 6.07) is 3.65. The summed E-state index contributed by atoms with van der Waals surface area (Å²) in [5.74, 6) is 2.61. The SMILES string of the molecule is CC(NC(=O)C1CCCN(C(=O)c2ccco2)C1)C1CC2CCC1C2. The van der Waals surface area contributed by atoms with Crippen molar-refractivity contribution in [1.29, 1.82) is 0 Å². The molecule has 1 aliphatic heterocycles. The third kappa shape index (κ3) is 3.33. The Balaban J connectivity index is 1.33. The van der Waals surface area contributed by atoms with E-state index in [2.05, 4.69) is 12.2 Å². The largest absolute Gasteiger partial charge is 0.459 e. The quantitative estimate of drug-likeness (QED) is 0.913. The van der Waals surface area contributed by atoms with E-state index in [1.165, 1.54) is 31.9 Å². The third-order valence-corrected chi connectivity index (χ3v) is 6.62. The van der Waals surface area contributed by atoms with Gasteiger partial charge in [0, 0.05) is 19.1 Å². The predicted octanol–water partition coefficient (Wildman–Crippen LogP) is 3.07. The van der Waals surface area contributed by atoms with Crippen LogP contribution >= 0.6 is 0 Å². The van der Waals surface area contributed by atoms with Crippen LogP contribution in [0.2, 0.25) is 0 Å². The van der Waals surface area contributed by atoms with Crippen molar-refractivity contribution in [1.82, 2.24) is 10.2 Å². The molecule has 2 saturated carbocycles. The van der Waals surface area contributed by atoms with Crippen LogP contribution in [0.1, 0.15) is 56.0 Å². The van der Waals surface area contributed by atoms with E-state index in [1.54, 1.807) is 17.0 Å². The summed E-state index contributed by atoms with van der Waals surface area (Å²) in [7, 11) is 0. The van der Waals surface area contributed by atoms with Crippen LogP contribution < -0.4 is 5.32 Å². The number of amides is 2. The van der Waals surface area contributed by atoms with Crippen molar-refractivity contribution >= 4 is 11.8 Å². The lowest BCUT2D eigenvalue weighted by atomic mass is 9.83. The smallest absolute Gasteiger partial charge is 0.289 e. The topological polar surface area (TPSA) is 62.6 Å². The van der Waals surface area contributed by atoms with Gasteiger partial charge in [0.15, 0.2) is 5.76 Å². The fourth-order valence-electron chi connectivity index (χ4n) is 5.29. The first-order chi connectivity index (χ1) is 12.1. The van der Waals surface area contributed by atoms with Crippen LogP contribution in [0.15, 0.2) is 22.8 Å². The predicted molar refractivity (Wildman–Crippen MR) is 93.9 cm³/mol. The highest BCUT2D eigenvalue weighted by Crippen LogP contribution is 2.49. The zero-order valence-corrected chi connectivity index (χ0v) is 14.9. The molecule has 2 bridgehead atoms. The third-order valence-electron chi connectivity index (χ3n) is 6.62. The van der Waals surface area contributed by atoms with Gasteiger partial charge in [-0.05, 0) is 68.9 Å². The van der Waals surface area contributed by atoms with E-state index < -0.39 is 0 Å². The molecule has 5 atom stereocenters. The zero-order valence-electron chi connectivity index (χ0n) is 14.9. The van der Waals surface area contributed by atoms with Crippen LogP contribution in [0.5, 0.6) is 0 Å². The molecule has 4 rings (SSSR count). The summed E-state index contributed by atoms with van der Waals surface area (Å²) < 4.78 is 5.21. The summed E-state index contributed by atoms with van der Waals surface area (Å²) in [6.07, 6.45) is 8.60. The second-order valence-electron chi connectivity index (χ2n) is 8.20. The summed E-state index contributed by atoms with van der Waals surface area (Å²) >= 11 is 0. The fourth-order valence-corrected chi connectivity index (χ4v) is 5.29. The summed E-state index contributed by atoms with van der Waals surface area (Å²) in [4.78, 5) is 27.0. The van der Waals surface area contributed by atoms with Crippen molar-refractivity contribution in [2.45, 2.75) is 51.5 Å². The number of rotatable bonds is 4. The Bertz CT molecular complexity index is 627. The van der Waals surface area contributed by atoms with E-state index in [-0.39, 0.29) is 23.8 Å². The molecule has 5 nitrogen and oxygen atoms in total. The number of fused-ring (bicyclic) bond motifs is 2. The Morgan fingerprint density at radius 3 is 2.84 bits per heavy atom. The Hall–Kier alpha value is -1.78. The summed E-state index contributed by atoms with van der Waals surface area (Å²) in [5.41, 5.74) is 0. The molecule has 136 valence electrons. The molecule has 1 aromatic heterocycles. The maximum atomic E-state index is 12.8. The van der Waals surface area contributed by atoms with Gasteiger partial charge in [-0.3, -0.25) is 9.59 Å². The van der Waals surface area contributed by atoms with Gasteiger partial charge in [-0.2, -0.15) is 0 Å². The van der Waals surface area contributed by atoms with Gasteiger partial charge in [0.1, 0.15) is 0 Å². The van der Waals surface area contributed by atoms with Gasteiger partial charge >= 0.3 is 0 Å². The molecule has 0 radical (unpaired) electrons. The molecule has 2 heterocycles. The van der Waals surface area contributed by atoms with Gasteiger partial charge < -0.3 is 14.6 Å². The maximum absolute atomic E-state index is 12.8. The first kappa shape index (κ1) is 16.7. The average molecular weight is 344 g/mol. The van der Waals surface area contributed by atoms with E-state index in [1.807, 2.05) is 0 Å². The minimum Gasteiger partial charge on any atom is -0.459 e. The van der Waals surface area contributed by atoms with Crippen molar-refractivity contribution in [3.8, 4) is 0 Å². The lowest BCUT2D eigenvalue weighted by molar-refractivity contribution is -0.127. The van der Waals surface area contributed by atoms with Crippen molar-refractivity contribution < 1.29 is 14.0 Å². The van der Waals surface area contributed by atoms with Crippen molar-refractivity contribution in [3.63, 3.8) is 0 Å². The molecule has 3 fully saturated rings. The highest BCUT2D eigenvalue weighted by molar-refractivity contribution is 5.92. The van der Waals surface area contributed by atoms with E-state index in [0.717, 1.165) is 24.7 Å². The summed E-state index contributed by atoms with van der Waals surface area (Å²) in [6.45, 7) is 3.36. The second-order valence-corrected chi connectivity index (χ2v) is 8.20. The number of carbonyl (C=O) groups excluding carboxylic acids is 2. The Morgan fingerprint density at radius 1 is 1.28 bits per heavy atom. The number of nitrogens with zero attached hydrogens (tertiary/aromatic N) is 1. The summed E-state index contributed by atoms with van der Waals surface area (Å²) in [5, 5.41) is 3.27. The van der Waals surface area contributed by atoms with Crippen LogP contribution in [-0.4, -0.2) is 35.8 Å².